The monoisotopic (exact) mass is 370 g/mol. The summed E-state index contributed by atoms with van der Waals surface area (Å²) in [6.45, 7) is 5.06. The van der Waals surface area contributed by atoms with E-state index in [1.54, 1.807) is 26.2 Å². The molecule has 4 atom stereocenters. The van der Waals surface area contributed by atoms with Crippen molar-refractivity contribution in [3.8, 4) is 0 Å². The van der Waals surface area contributed by atoms with Gasteiger partial charge in [0.25, 0.3) is 0 Å². The number of rotatable bonds is 4. The molecule has 0 aliphatic carbocycles. The van der Waals surface area contributed by atoms with Gasteiger partial charge in [-0.15, -0.1) is 0 Å². The molecule has 4 rings (SSSR count). The SMILES string of the molecule is C[C@@H](O)c1nccc(N2C[C@H]3CCC[C@@H](C2)N3c2ccnc([C@@H](C)O)n2)n1. The zero-order chi connectivity index (χ0) is 19.0. The predicted octanol–water partition coefficient (Wildman–Crippen LogP) is 1.62. The lowest BCUT2D eigenvalue weighted by Gasteiger charge is -2.51. The van der Waals surface area contributed by atoms with Crippen LogP contribution in [0.4, 0.5) is 11.6 Å². The minimum absolute atomic E-state index is 0.333. The molecule has 0 amide bonds. The van der Waals surface area contributed by atoms with Crippen LogP contribution in [0.25, 0.3) is 0 Å². The van der Waals surface area contributed by atoms with E-state index in [-0.39, 0.29) is 0 Å². The third-order valence-corrected chi connectivity index (χ3v) is 5.38. The zero-order valence-electron chi connectivity index (χ0n) is 15.7. The second-order valence-corrected chi connectivity index (χ2v) is 7.45. The van der Waals surface area contributed by atoms with Gasteiger partial charge in [-0.25, -0.2) is 19.9 Å². The summed E-state index contributed by atoms with van der Waals surface area (Å²) < 4.78 is 0. The van der Waals surface area contributed by atoms with Gasteiger partial charge in [0, 0.05) is 37.6 Å². The van der Waals surface area contributed by atoms with E-state index in [0.717, 1.165) is 37.6 Å². The van der Waals surface area contributed by atoms with Gasteiger partial charge in [-0.2, -0.15) is 0 Å². The molecule has 0 unspecified atom stereocenters. The number of anilines is 2. The van der Waals surface area contributed by atoms with Gasteiger partial charge >= 0.3 is 0 Å². The van der Waals surface area contributed by atoms with Gasteiger partial charge in [0.05, 0.1) is 0 Å². The summed E-state index contributed by atoms with van der Waals surface area (Å²) in [4.78, 5) is 22.2. The van der Waals surface area contributed by atoms with Gasteiger partial charge < -0.3 is 20.0 Å². The van der Waals surface area contributed by atoms with Crippen LogP contribution in [-0.2, 0) is 0 Å². The standard InChI is InChI=1S/C19H26N6O2/c1-12(26)18-20-8-6-16(22-18)24-10-14-4-3-5-15(11-24)25(14)17-7-9-21-19(23-17)13(2)27/h6-9,12-15,26-27H,3-5,10-11H2,1-2H3/t12-,13-,14-,15+/m1/s1. The Morgan fingerprint density at radius 2 is 1.41 bits per heavy atom. The van der Waals surface area contributed by atoms with Crippen LogP contribution in [0.2, 0.25) is 0 Å². The van der Waals surface area contributed by atoms with Crippen molar-refractivity contribution in [2.75, 3.05) is 22.9 Å². The molecule has 2 saturated heterocycles. The van der Waals surface area contributed by atoms with Crippen LogP contribution in [-0.4, -0.2) is 55.3 Å². The lowest BCUT2D eigenvalue weighted by molar-refractivity contribution is 0.188. The highest BCUT2D eigenvalue weighted by atomic mass is 16.3. The highest BCUT2D eigenvalue weighted by molar-refractivity contribution is 5.48. The minimum Gasteiger partial charge on any atom is -0.385 e. The average Bonchev–Trinajstić information content (AvgIpc) is 2.67. The van der Waals surface area contributed by atoms with Crippen molar-refractivity contribution in [2.45, 2.75) is 57.4 Å². The van der Waals surface area contributed by atoms with E-state index < -0.39 is 12.2 Å². The van der Waals surface area contributed by atoms with Gasteiger partial charge in [0.1, 0.15) is 23.8 Å². The molecular formula is C19H26N6O2. The van der Waals surface area contributed by atoms with Gasteiger partial charge in [-0.05, 0) is 45.2 Å². The Bertz CT molecular complexity index is 785. The first-order valence-electron chi connectivity index (χ1n) is 9.58. The second kappa shape index (κ2) is 7.36. The topological polar surface area (TPSA) is 98.5 Å². The number of hydrogen-bond acceptors (Lipinski definition) is 8. The molecule has 2 aliphatic heterocycles. The number of aliphatic hydroxyl groups is 2. The first kappa shape index (κ1) is 18.1. The highest BCUT2D eigenvalue weighted by Crippen LogP contribution is 2.34. The Labute approximate surface area is 158 Å². The third kappa shape index (κ3) is 3.59. The fourth-order valence-corrected chi connectivity index (χ4v) is 4.12. The maximum Gasteiger partial charge on any atom is 0.158 e. The summed E-state index contributed by atoms with van der Waals surface area (Å²) in [5.74, 6) is 2.68. The molecule has 8 nitrogen and oxygen atoms in total. The van der Waals surface area contributed by atoms with Crippen molar-refractivity contribution >= 4 is 11.6 Å². The molecule has 27 heavy (non-hydrogen) atoms. The normalized spacial score (nSPS) is 24.6. The Morgan fingerprint density at radius 1 is 0.889 bits per heavy atom. The molecule has 2 aromatic heterocycles. The van der Waals surface area contributed by atoms with Gasteiger partial charge in [0.2, 0.25) is 0 Å². The molecule has 0 radical (unpaired) electrons. The van der Waals surface area contributed by atoms with Gasteiger partial charge in [-0.1, -0.05) is 0 Å². The molecule has 2 N–H and O–H groups in total. The molecule has 8 heteroatoms. The number of fused-ring (bicyclic) bond motifs is 2. The van der Waals surface area contributed by atoms with Crippen molar-refractivity contribution in [1.29, 1.82) is 0 Å². The Hall–Kier alpha value is -2.32. The summed E-state index contributed by atoms with van der Waals surface area (Å²) in [6, 6.07) is 4.51. The van der Waals surface area contributed by atoms with Crippen LogP contribution >= 0.6 is 0 Å². The van der Waals surface area contributed by atoms with Gasteiger partial charge in [0.15, 0.2) is 11.6 Å². The first-order chi connectivity index (χ1) is 13.0. The molecule has 144 valence electrons. The van der Waals surface area contributed by atoms with Crippen LogP contribution in [0.1, 0.15) is 57.0 Å². The van der Waals surface area contributed by atoms with E-state index >= 15 is 0 Å². The molecule has 2 aliphatic rings. The third-order valence-electron chi connectivity index (χ3n) is 5.38. The van der Waals surface area contributed by atoms with Crippen LogP contribution in [0.3, 0.4) is 0 Å². The Kier molecular flexibility index (Phi) is 4.92. The number of piperazine rings is 1. The van der Waals surface area contributed by atoms with Gasteiger partial charge in [-0.3, -0.25) is 0 Å². The van der Waals surface area contributed by atoms with Crippen LogP contribution in [0.5, 0.6) is 0 Å². The number of nitrogens with zero attached hydrogens (tertiary/aromatic N) is 6. The molecule has 2 fully saturated rings. The van der Waals surface area contributed by atoms with Crippen molar-refractivity contribution in [1.82, 2.24) is 19.9 Å². The predicted molar refractivity (Wildman–Crippen MR) is 101 cm³/mol. The molecule has 0 aromatic carbocycles. The second-order valence-electron chi connectivity index (χ2n) is 7.45. The van der Waals surface area contributed by atoms with Crippen LogP contribution < -0.4 is 9.80 Å². The summed E-state index contributed by atoms with van der Waals surface area (Å²) in [6.07, 6.45) is 5.48. The van der Waals surface area contributed by atoms with E-state index in [2.05, 4.69) is 29.7 Å². The molecule has 0 spiro atoms. The maximum atomic E-state index is 9.82. The summed E-state index contributed by atoms with van der Waals surface area (Å²) in [5.41, 5.74) is 0. The highest BCUT2D eigenvalue weighted by Gasteiger charge is 2.38. The van der Waals surface area contributed by atoms with E-state index in [1.165, 1.54) is 6.42 Å². The molecular weight excluding hydrogens is 344 g/mol. The summed E-state index contributed by atoms with van der Waals surface area (Å²) in [5, 5.41) is 19.6. The van der Waals surface area contributed by atoms with Crippen LogP contribution in [0.15, 0.2) is 24.5 Å². The van der Waals surface area contributed by atoms with Crippen molar-refractivity contribution < 1.29 is 10.2 Å². The summed E-state index contributed by atoms with van der Waals surface area (Å²) in [7, 11) is 0. The van der Waals surface area contributed by atoms with Crippen molar-refractivity contribution in [3.05, 3.63) is 36.2 Å². The number of aliphatic hydroxyl groups excluding tert-OH is 2. The van der Waals surface area contributed by atoms with E-state index in [1.807, 2.05) is 12.1 Å². The number of piperidine rings is 1. The average molecular weight is 370 g/mol. The zero-order valence-corrected chi connectivity index (χ0v) is 15.7. The van der Waals surface area contributed by atoms with Crippen LogP contribution in [0, 0.1) is 0 Å². The van der Waals surface area contributed by atoms with E-state index in [4.69, 9.17) is 0 Å². The quantitative estimate of drug-likeness (QED) is 0.838. The molecule has 2 aromatic rings. The first-order valence-corrected chi connectivity index (χ1v) is 9.58. The maximum absolute atomic E-state index is 9.82. The lowest BCUT2D eigenvalue weighted by atomic mass is 9.91. The Morgan fingerprint density at radius 3 is 1.96 bits per heavy atom. The molecule has 2 bridgehead atoms. The number of hydrogen-bond donors (Lipinski definition) is 2. The largest absolute Gasteiger partial charge is 0.385 e. The molecule has 0 saturated carbocycles. The molecule has 4 heterocycles. The fraction of sp³-hybridized carbons (Fsp3) is 0.579. The van der Waals surface area contributed by atoms with E-state index in [9.17, 15) is 10.2 Å². The number of aromatic nitrogens is 4. The lowest BCUT2D eigenvalue weighted by Crippen LogP contribution is -2.61. The smallest absolute Gasteiger partial charge is 0.158 e. The fourth-order valence-electron chi connectivity index (χ4n) is 4.12. The Balaban J connectivity index is 1.59. The van der Waals surface area contributed by atoms with Crippen molar-refractivity contribution in [3.63, 3.8) is 0 Å². The van der Waals surface area contributed by atoms with Crippen molar-refractivity contribution in [2.24, 2.45) is 0 Å². The summed E-state index contributed by atoms with van der Waals surface area (Å²) >= 11 is 0. The van der Waals surface area contributed by atoms with E-state index in [0.29, 0.717) is 23.7 Å². The minimum atomic E-state index is -0.675.